The van der Waals surface area contributed by atoms with Crippen LogP contribution in [0.3, 0.4) is 0 Å². The molecule has 3 nitrogen and oxygen atoms in total. The molecule has 0 amide bonds. The van der Waals surface area contributed by atoms with E-state index in [-0.39, 0.29) is 17.4 Å². The van der Waals surface area contributed by atoms with Gasteiger partial charge in [0.2, 0.25) is 10.0 Å². The fraction of sp³-hybridized carbons (Fsp3) is 0.294. The molecule has 1 N–H and O–H groups in total. The highest BCUT2D eigenvalue weighted by molar-refractivity contribution is 7.88. The van der Waals surface area contributed by atoms with Crippen molar-refractivity contribution >= 4 is 10.0 Å². The van der Waals surface area contributed by atoms with E-state index >= 15 is 0 Å². The lowest BCUT2D eigenvalue weighted by molar-refractivity contribution is 0.506. The molecule has 2 aromatic carbocycles. The van der Waals surface area contributed by atoms with Crippen molar-refractivity contribution in [3.63, 3.8) is 0 Å². The molecule has 22 heavy (non-hydrogen) atoms. The molecule has 0 spiro atoms. The molecule has 1 aliphatic carbocycles. The van der Waals surface area contributed by atoms with Crippen LogP contribution in [0.4, 0.5) is 4.39 Å². The van der Waals surface area contributed by atoms with Gasteiger partial charge >= 0.3 is 0 Å². The van der Waals surface area contributed by atoms with Gasteiger partial charge in [0.15, 0.2) is 0 Å². The Morgan fingerprint density at radius 1 is 1.09 bits per heavy atom. The van der Waals surface area contributed by atoms with Gasteiger partial charge in [0.05, 0.1) is 5.75 Å². The van der Waals surface area contributed by atoms with Gasteiger partial charge in [-0.25, -0.2) is 17.5 Å². The Morgan fingerprint density at radius 2 is 1.82 bits per heavy atom. The second kappa shape index (κ2) is 6.18. The maximum Gasteiger partial charge on any atom is 0.216 e. The van der Waals surface area contributed by atoms with Crippen molar-refractivity contribution in [3.05, 3.63) is 71.0 Å². The minimum atomic E-state index is -3.59. The third-order valence-corrected chi connectivity index (χ3v) is 5.33. The summed E-state index contributed by atoms with van der Waals surface area (Å²) in [6, 6.07) is 13.6. The summed E-state index contributed by atoms with van der Waals surface area (Å²) in [5, 5.41) is 0. The molecule has 1 atom stereocenters. The molecule has 116 valence electrons. The van der Waals surface area contributed by atoms with E-state index < -0.39 is 15.8 Å². The second-order valence-electron chi connectivity index (χ2n) is 5.61. The van der Waals surface area contributed by atoms with E-state index in [1.165, 1.54) is 17.7 Å². The molecule has 0 heterocycles. The third-order valence-electron chi connectivity index (χ3n) is 3.99. The van der Waals surface area contributed by atoms with Crippen LogP contribution in [-0.2, 0) is 22.2 Å². The number of hydrogen-bond acceptors (Lipinski definition) is 2. The second-order valence-corrected chi connectivity index (χ2v) is 7.37. The van der Waals surface area contributed by atoms with E-state index in [1.807, 2.05) is 24.3 Å². The molecule has 0 aliphatic heterocycles. The largest absolute Gasteiger partial charge is 0.216 e. The fourth-order valence-corrected chi connectivity index (χ4v) is 4.36. The SMILES string of the molecule is O=S(=O)(Cc1ccccc1F)NC1CCCc2ccccc21. The van der Waals surface area contributed by atoms with E-state index in [2.05, 4.69) is 4.72 Å². The van der Waals surface area contributed by atoms with E-state index in [1.54, 1.807) is 12.1 Å². The van der Waals surface area contributed by atoms with Crippen LogP contribution in [0.25, 0.3) is 0 Å². The molecule has 0 aromatic heterocycles. The molecule has 2 aromatic rings. The first-order valence-electron chi connectivity index (χ1n) is 7.36. The zero-order valence-corrected chi connectivity index (χ0v) is 12.9. The number of nitrogens with one attached hydrogen (secondary N) is 1. The van der Waals surface area contributed by atoms with Gasteiger partial charge in [-0.1, -0.05) is 42.5 Å². The Labute approximate surface area is 130 Å². The predicted octanol–water partition coefficient (Wildman–Crippen LogP) is 3.32. The average molecular weight is 319 g/mol. The number of halogens is 1. The van der Waals surface area contributed by atoms with Crippen LogP contribution in [0.2, 0.25) is 0 Å². The van der Waals surface area contributed by atoms with Crippen molar-refractivity contribution in [2.24, 2.45) is 0 Å². The van der Waals surface area contributed by atoms with Crippen LogP contribution >= 0.6 is 0 Å². The molecule has 5 heteroatoms. The fourth-order valence-electron chi connectivity index (χ4n) is 2.95. The minimum absolute atomic E-state index is 0.194. The zero-order chi connectivity index (χ0) is 15.6. The number of aryl methyl sites for hydroxylation is 1. The number of sulfonamides is 1. The molecule has 0 saturated heterocycles. The van der Waals surface area contributed by atoms with Crippen molar-refractivity contribution in [1.82, 2.24) is 4.72 Å². The minimum Gasteiger partial charge on any atom is -0.212 e. The van der Waals surface area contributed by atoms with E-state index in [4.69, 9.17) is 0 Å². The molecular formula is C17H18FNO2S. The molecule has 0 radical (unpaired) electrons. The highest BCUT2D eigenvalue weighted by Crippen LogP contribution is 2.30. The van der Waals surface area contributed by atoms with Gasteiger partial charge in [0.1, 0.15) is 5.82 Å². The van der Waals surface area contributed by atoms with E-state index in [0.29, 0.717) is 0 Å². The van der Waals surface area contributed by atoms with Crippen molar-refractivity contribution in [2.75, 3.05) is 0 Å². The Morgan fingerprint density at radius 3 is 2.64 bits per heavy atom. The summed E-state index contributed by atoms with van der Waals surface area (Å²) in [5.74, 6) is -0.824. The van der Waals surface area contributed by atoms with Crippen LogP contribution in [0, 0.1) is 5.82 Å². The topological polar surface area (TPSA) is 46.2 Å². The van der Waals surface area contributed by atoms with E-state index in [9.17, 15) is 12.8 Å². The molecule has 0 fully saturated rings. The summed E-state index contributed by atoms with van der Waals surface area (Å²) in [4.78, 5) is 0. The average Bonchev–Trinajstić information content (AvgIpc) is 2.49. The predicted molar refractivity (Wildman–Crippen MR) is 84.3 cm³/mol. The first-order valence-corrected chi connectivity index (χ1v) is 9.01. The standard InChI is InChI=1S/C17H18FNO2S/c18-16-10-4-2-7-14(16)12-22(20,21)19-17-11-5-8-13-6-1-3-9-15(13)17/h1-4,6-7,9-10,17,19H,5,8,11-12H2. The first kappa shape index (κ1) is 15.2. The molecule has 1 unspecified atom stereocenters. The van der Waals surface area contributed by atoms with Crippen molar-refractivity contribution < 1.29 is 12.8 Å². The number of fused-ring (bicyclic) bond motifs is 1. The summed E-state index contributed by atoms with van der Waals surface area (Å²) >= 11 is 0. The molecule has 0 bridgehead atoms. The smallest absolute Gasteiger partial charge is 0.212 e. The Hall–Kier alpha value is -1.72. The lowest BCUT2D eigenvalue weighted by Gasteiger charge is -2.26. The zero-order valence-electron chi connectivity index (χ0n) is 12.1. The van der Waals surface area contributed by atoms with Crippen LogP contribution in [0.15, 0.2) is 48.5 Å². The Balaban J connectivity index is 1.80. The van der Waals surface area contributed by atoms with Gasteiger partial charge in [0.25, 0.3) is 0 Å². The summed E-state index contributed by atoms with van der Waals surface area (Å²) in [7, 11) is -3.59. The number of benzene rings is 2. The van der Waals surface area contributed by atoms with Gasteiger partial charge in [-0.2, -0.15) is 0 Å². The summed E-state index contributed by atoms with van der Waals surface area (Å²) in [6.45, 7) is 0. The van der Waals surface area contributed by atoms with Crippen LogP contribution in [0.1, 0.15) is 35.6 Å². The van der Waals surface area contributed by atoms with Gasteiger partial charge in [-0.3, -0.25) is 0 Å². The van der Waals surface area contributed by atoms with Gasteiger partial charge < -0.3 is 0 Å². The summed E-state index contributed by atoms with van der Waals surface area (Å²) in [5.41, 5.74) is 2.41. The van der Waals surface area contributed by atoms with Gasteiger partial charge in [0, 0.05) is 11.6 Å². The molecular weight excluding hydrogens is 301 g/mol. The summed E-state index contributed by atoms with van der Waals surface area (Å²) in [6.07, 6.45) is 2.69. The van der Waals surface area contributed by atoms with Crippen molar-refractivity contribution in [3.8, 4) is 0 Å². The maximum atomic E-state index is 13.6. The van der Waals surface area contributed by atoms with Crippen LogP contribution < -0.4 is 4.72 Å². The normalized spacial score (nSPS) is 18.0. The lowest BCUT2D eigenvalue weighted by Crippen LogP contribution is -2.32. The van der Waals surface area contributed by atoms with Crippen LogP contribution in [0.5, 0.6) is 0 Å². The quantitative estimate of drug-likeness (QED) is 0.939. The summed E-state index contributed by atoms with van der Waals surface area (Å²) < 4.78 is 41.1. The molecule has 1 aliphatic rings. The van der Waals surface area contributed by atoms with Crippen LogP contribution in [-0.4, -0.2) is 8.42 Å². The highest BCUT2D eigenvalue weighted by Gasteiger charge is 2.25. The van der Waals surface area contributed by atoms with E-state index in [0.717, 1.165) is 24.8 Å². The van der Waals surface area contributed by atoms with Gasteiger partial charge in [-0.05, 0) is 36.5 Å². The van der Waals surface area contributed by atoms with Gasteiger partial charge in [-0.15, -0.1) is 0 Å². The maximum absolute atomic E-state index is 13.6. The third kappa shape index (κ3) is 3.36. The molecule has 0 saturated carbocycles. The number of hydrogen-bond donors (Lipinski definition) is 1. The molecule has 3 rings (SSSR count). The number of rotatable bonds is 4. The highest BCUT2D eigenvalue weighted by atomic mass is 32.2. The Kier molecular flexibility index (Phi) is 4.27. The van der Waals surface area contributed by atoms with Crippen molar-refractivity contribution in [1.29, 1.82) is 0 Å². The lowest BCUT2D eigenvalue weighted by atomic mass is 9.88. The monoisotopic (exact) mass is 319 g/mol. The van der Waals surface area contributed by atoms with Crippen molar-refractivity contribution in [2.45, 2.75) is 31.1 Å². The first-order chi connectivity index (χ1) is 10.6. The Bertz CT molecular complexity index is 774.